The molecule has 0 atom stereocenters. The fourth-order valence-electron chi connectivity index (χ4n) is 1.28. The van der Waals surface area contributed by atoms with Crippen LogP contribution < -0.4 is 5.73 Å². The maximum atomic E-state index is 11.0. The van der Waals surface area contributed by atoms with Gasteiger partial charge in [-0.1, -0.05) is 6.07 Å². The number of aliphatic hydroxyl groups excluding tert-OH is 2. The summed E-state index contributed by atoms with van der Waals surface area (Å²) in [5.74, 6) is -0.336. The second kappa shape index (κ2) is 10.7. The molecule has 1 rings (SSSR count). The number of carbonyl (C=O) groups excluding carboxylic acids is 1. The van der Waals surface area contributed by atoms with E-state index in [4.69, 9.17) is 17.3 Å². The van der Waals surface area contributed by atoms with Crippen molar-refractivity contribution in [1.82, 2.24) is 9.88 Å². The summed E-state index contributed by atoms with van der Waals surface area (Å²) in [6, 6.07) is 3.67. The number of thiocarbonyl (C=S) groups is 2. The summed E-state index contributed by atoms with van der Waals surface area (Å²) >= 11 is 8.58. The van der Waals surface area contributed by atoms with E-state index >= 15 is 0 Å². The van der Waals surface area contributed by atoms with Crippen molar-refractivity contribution in [1.29, 1.82) is 0 Å². The van der Waals surface area contributed by atoms with E-state index in [1.54, 1.807) is 18.5 Å². The van der Waals surface area contributed by atoms with Crippen molar-refractivity contribution in [3.8, 4) is 0 Å². The number of nitrogens with zero attached hydrogens (tertiary/aromatic N) is 2. The molecule has 0 saturated carbocycles. The fourth-order valence-corrected chi connectivity index (χ4v) is 1.44. The van der Waals surface area contributed by atoms with Crippen LogP contribution in [-0.4, -0.2) is 50.1 Å². The van der Waals surface area contributed by atoms with Crippen molar-refractivity contribution in [3.63, 3.8) is 0 Å². The minimum atomic E-state index is -0.500. The SMILES string of the molecule is COC(=O)CCN(Cc1cccnc1)C(O)=S.NC(O)=S. The number of methoxy groups -OCH3 is 1. The third kappa shape index (κ3) is 10.4. The number of nitrogens with two attached hydrogens (primary N) is 1. The molecule has 0 saturated heterocycles. The summed E-state index contributed by atoms with van der Waals surface area (Å²) in [5, 5.41) is 16.2. The Morgan fingerprint density at radius 1 is 1.48 bits per heavy atom. The minimum absolute atomic E-state index is 0.178. The van der Waals surface area contributed by atoms with Gasteiger partial charge in [-0.15, -0.1) is 0 Å². The summed E-state index contributed by atoms with van der Waals surface area (Å²) in [6.45, 7) is 0.733. The second-order valence-electron chi connectivity index (χ2n) is 3.73. The van der Waals surface area contributed by atoms with Gasteiger partial charge in [-0.25, -0.2) is 0 Å². The van der Waals surface area contributed by atoms with Gasteiger partial charge in [0.2, 0.25) is 0 Å². The normalized spacial score (nSPS) is 9.00. The summed E-state index contributed by atoms with van der Waals surface area (Å²) in [7, 11) is 1.32. The van der Waals surface area contributed by atoms with Gasteiger partial charge in [-0.05, 0) is 36.1 Å². The Hall–Kier alpha value is -2.00. The molecular formula is C12H17N3O4S2. The van der Waals surface area contributed by atoms with Crippen LogP contribution in [0.3, 0.4) is 0 Å². The van der Waals surface area contributed by atoms with Gasteiger partial charge in [-0.3, -0.25) is 9.78 Å². The maximum Gasteiger partial charge on any atom is 0.307 e. The first-order valence-electron chi connectivity index (χ1n) is 5.78. The number of carbonyl (C=O) groups is 1. The minimum Gasteiger partial charge on any atom is -0.487 e. The lowest BCUT2D eigenvalue weighted by molar-refractivity contribution is -0.140. The Kier molecular flexibility index (Phi) is 9.72. The van der Waals surface area contributed by atoms with Gasteiger partial charge < -0.3 is 25.6 Å². The van der Waals surface area contributed by atoms with Gasteiger partial charge in [0.25, 0.3) is 10.3 Å². The van der Waals surface area contributed by atoms with Crippen LogP contribution in [0.5, 0.6) is 0 Å². The lowest BCUT2D eigenvalue weighted by atomic mass is 10.2. The molecule has 0 aromatic carbocycles. The van der Waals surface area contributed by atoms with Gasteiger partial charge in [0.15, 0.2) is 0 Å². The van der Waals surface area contributed by atoms with E-state index in [2.05, 4.69) is 27.7 Å². The molecule has 0 aliphatic heterocycles. The van der Waals surface area contributed by atoms with E-state index in [1.807, 2.05) is 6.07 Å². The molecule has 0 bridgehead atoms. The third-order valence-electron chi connectivity index (χ3n) is 2.18. The van der Waals surface area contributed by atoms with Crippen molar-refractivity contribution in [2.45, 2.75) is 13.0 Å². The molecule has 0 aliphatic carbocycles. The molecule has 21 heavy (non-hydrogen) atoms. The fraction of sp³-hybridized carbons (Fsp3) is 0.333. The van der Waals surface area contributed by atoms with Crippen LogP contribution in [0.2, 0.25) is 0 Å². The van der Waals surface area contributed by atoms with Crippen molar-refractivity contribution >= 4 is 40.8 Å². The number of rotatable bonds is 5. The highest BCUT2D eigenvalue weighted by Crippen LogP contribution is 2.04. The Bertz CT molecular complexity index is 467. The van der Waals surface area contributed by atoms with Crippen LogP contribution in [0, 0.1) is 0 Å². The van der Waals surface area contributed by atoms with Crippen LogP contribution in [0.25, 0.3) is 0 Å². The number of hydrogen-bond donors (Lipinski definition) is 3. The molecule has 1 aromatic heterocycles. The first kappa shape index (κ1) is 19.0. The van der Waals surface area contributed by atoms with Crippen LogP contribution in [0.1, 0.15) is 12.0 Å². The average molecular weight is 331 g/mol. The van der Waals surface area contributed by atoms with Crippen molar-refractivity contribution < 1.29 is 19.7 Å². The van der Waals surface area contributed by atoms with E-state index in [0.717, 1.165) is 5.56 Å². The molecular weight excluding hydrogens is 314 g/mol. The molecule has 0 radical (unpaired) electrons. The number of ether oxygens (including phenoxy) is 1. The predicted octanol–water partition coefficient (Wildman–Crippen LogP) is 1.08. The van der Waals surface area contributed by atoms with Gasteiger partial charge in [0.1, 0.15) is 0 Å². The van der Waals surface area contributed by atoms with Crippen molar-refractivity contribution in [2.24, 2.45) is 5.73 Å². The molecule has 4 N–H and O–H groups in total. The van der Waals surface area contributed by atoms with E-state index in [1.165, 1.54) is 12.0 Å². The van der Waals surface area contributed by atoms with Crippen LogP contribution >= 0.6 is 24.4 Å². The zero-order valence-electron chi connectivity index (χ0n) is 11.4. The highest BCUT2D eigenvalue weighted by molar-refractivity contribution is 7.80. The Morgan fingerprint density at radius 3 is 2.52 bits per heavy atom. The molecule has 1 aromatic rings. The maximum absolute atomic E-state index is 11.0. The molecule has 1 heterocycles. The largest absolute Gasteiger partial charge is 0.487 e. The zero-order valence-corrected chi connectivity index (χ0v) is 13.1. The van der Waals surface area contributed by atoms with Crippen LogP contribution in [0.4, 0.5) is 0 Å². The topological polar surface area (TPSA) is 109 Å². The summed E-state index contributed by atoms with van der Waals surface area (Å²) in [6.07, 6.45) is 3.53. The first-order valence-corrected chi connectivity index (χ1v) is 6.60. The summed E-state index contributed by atoms with van der Waals surface area (Å²) < 4.78 is 4.53. The highest BCUT2D eigenvalue weighted by Gasteiger charge is 2.11. The predicted molar refractivity (Wildman–Crippen MR) is 85.9 cm³/mol. The quantitative estimate of drug-likeness (QED) is 0.539. The monoisotopic (exact) mass is 331 g/mol. The number of aliphatic hydroxyl groups is 2. The van der Waals surface area contributed by atoms with E-state index in [9.17, 15) is 9.90 Å². The number of hydrogen-bond acceptors (Lipinski definition) is 5. The third-order valence-corrected chi connectivity index (χ3v) is 2.44. The van der Waals surface area contributed by atoms with E-state index in [0.29, 0.717) is 13.1 Å². The molecule has 0 unspecified atom stereocenters. The lowest BCUT2D eigenvalue weighted by Crippen LogP contribution is -2.31. The molecule has 0 spiro atoms. The molecule has 0 fully saturated rings. The van der Waals surface area contributed by atoms with Gasteiger partial charge in [0.05, 0.1) is 13.5 Å². The van der Waals surface area contributed by atoms with E-state index < -0.39 is 5.17 Å². The zero-order chi connectivity index (χ0) is 16.3. The van der Waals surface area contributed by atoms with Crippen molar-refractivity contribution in [2.75, 3.05) is 13.7 Å². The smallest absolute Gasteiger partial charge is 0.307 e. The van der Waals surface area contributed by atoms with Gasteiger partial charge in [0, 0.05) is 25.5 Å². The molecule has 116 valence electrons. The summed E-state index contributed by atoms with van der Waals surface area (Å²) in [5.41, 5.74) is 5.31. The van der Waals surface area contributed by atoms with Gasteiger partial charge >= 0.3 is 5.97 Å². The number of pyridine rings is 1. The number of esters is 1. The average Bonchev–Trinajstić information content (AvgIpc) is 2.43. The molecule has 9 heteroatoms. The van der Waals surface area contributed by atoms with Gasteiger partial charge in [-0.2, -0.15) is 0 Å². The van der Waals surface area contributed by atoms with Crippen molar-refractivity contribution in [3.05, 3.63) is 30.1 Å². The Balaban J connectivity index is 0.000000885. The highest BCUT2D eigenvalue weighted by atomic mass is 32.1. The molecule has 7 nitrogen and oxygen atoms in total. The standard InChI is InChI=1S/C11H14N2O3S.CH3NOS/c1-16-10(14)4-6-13(11(15)17)8-9-3-2-5-12-7-9;2-1(3)4/h2-3,5,7H,4,6,8H2,1H3,(H,15,17);(H3,2,3,4). The Morgan fingerprint density at radius 2 is 2.10 bits per heavy atom. The van der Waals surface area contributed by atoms with Crippen LogP contribution in [0.15, 0.2) is 24.5 Å². The number of aromatic nitrogens is 1. The molecule has 0 aliphatic rings. The molecule has 0 amide bonds. The summed E-state index contributed by atoms with van der Waals surface area (Å²) in [4.78, 5) is 16.5. The van der Waals surface area contributed by atoms with Crippen LogP contribution in [-0.2, 0) is 16.1 Å². The lowest BCUT2D eigenvalue weighted by Gasteiger charge is -2.20. The van der Waals surface area contributed by atoms with E-state index in [-0.39, 0.29) is 17.6 Å². The first-order chi connectivity index (χ1) is 9.86. The Labute approximate surface area is 133 Å². The second-order valence-corrected chi connectivity index (χ2v) is 4.51.